The minimum atomic E-state index is 0.132. The lowest BCUT2D eigenvalue weighted by atomic mass is 10.0. The summed E-state index contributed by atoms with van der Waals surface area (Å²) in [4.78, 5) is 2.53. The van der Waals surface area contributed by atoms with Gasteiger partial charge in [0, 0.05) is 25.8 Å². The van der Waals surface area contributed by atoms with Gasteiger partial charge in [-0.1, -0.05) is 41.4 Å². The second-order valence-electron chi connectivity index (χ2n) is 4.96. The van der Waals surface area contributed by atoms with E-state index in [-0.39, 0.29) is 6.04 Å². The molecule has 0 spiro atoms. The molecule has 0 saturated carbocycles. The number of halogens is 1. The van der Waals surface area contributed by atoms with Crippen molar-refractivity contribution in [2.75, 3.05) is 0 Å². The summed E-state index contributed by atoms with van der Waals surface area (Å²) in [6, 6.07) is 10.9. The van der Waals surface area contributed by atoms with Gasteiger partial charge in [0.1, 0.15) is 0 Å². The van der Waals surface area contributed by atoms with Gasteiger partial charge in [-0.2, -0.15) is 0 Å². The fraction of sp³-hybridized carbons (Fsp3) is 0.333. The van der Waals surface area contributed by atoms with Crippen molar-refractivity contribution in [3.63, 3.8) is 0 Å². The van der Waals surface area contributed by atoms with Crippen molar-refractivity contribution in [2.24, 2.45) is 11.7 Å². The monoisotopic (exact) mass is 323 g/mol. The summed E-state index contributed by atoms with van der Waals surface area (Å²) < 4.78 is 1.14. The summed E-state index contributed by atoms with van der Waals surface area (Å²) in [6.45, 7) is 6.43. The first kappa shape index (κ1) is 13.8. The fourth-order valence-electron chi connectivity index (χ4n) is 1.83. The van der Waals surface area contributed by atoms with Crippen molar-refractivity contribution in [3.05, 3.63) is 45.2 Å². The summed E-state index contributed by atoms with van der Waals surface area (Å²) in [5.74, 6) is 0.470. The maximum absolute atomic E-state index is 6.20. The second-order valence-corrected chi connectivity index (χ2v) is 6.92. The molecule has 96 valence electrons. The molecule has 3 heteroatoms. The summed E-state index contributed by atoms with van der Waals surface area (Å²) in [5, 5.41) is 0. The molecule has 1 aromatic heterocycles. The van der Waals surface area contributed by atoms with Crippen LogP contribution < -0.4 is 5.73 Å². The predicted molar refractivity (Wildman–Crippen MR) is 84.0 cm³/mol. The van der Waals surface area contributed by atoms with Crippen LogP contribution in [0.1, 0.15) is 30.3 Å². The molecular formula is C15H18BrNS. The molecule has 1 nitrogen and oxygen atoms in total. The van der Waals surface area contributed by atoms with Gasteiger partial charge in [-0.15, -0.1) is 11.3 Å². The van der Waals surface area contributed by atoms with E-state index in [1.807, 2.05) is 0 Å². The quantitative estimate of drug-likeness (QED) is 0.831. The van der Waals surface area contributed by atoms with E-state index in [1.165, 1.54) is 20.9 Å². The van der Waals surface area contributed by atoms with Gasteiger partial charge >= 0.3 is 0 Å². The molecule has 1 atom stereocenters. The van der Waals surface area contributed by atoms with E-state index in [0.29, 0.717) is 5.92 Å². The van der Waals surface area contributed by atoms with Crippen LogP contribution in [0.25, 0.3) is 10.4 Å². The Morgan fingerprint density at radius 3 is 2.56 bits per heavy atom. The van der Waals surface area contributed by atoms with Gasteiger partial charge < -0.3 is 5.73 Å². The Hall–Kier alpha value is -0.640. The van der Waals surface area contributed by atoms with Crippen LogP contribution in [0.2, 0.25) is 0 Å². The third-order valence-electron chi connectivity index (χ3n) is 3.06. The average Bonchev–Trinajstić information content (AvgIpc) is 2.80. The molecule has 0 aliphatic heterocycles. The minimum Gasteiger partial charge on any atom is -0.323 e. The van der Waals surface area contributed by atoms with Crippen LogP contribution >= 0.6 is 27.3 Å². The molecule has 1 unspecified atom stereocenters. The average molecular weight is 324 g/mol. The molecule has 2 N–H and O–H groups in total. The fourth-order valence-corrected chi connectivity index (χ4v) is 3.64. The van der Waals surface area contributed by atoms with Gasteiger partial charge in [-0.3, -0.25) is 0 Å². The summed E-state index contributed by atoms with van der Waals surface area (Å²) in [7, 11) is 0. The van der Waals surface area contributed by atoms with Gasteiger partial charge in [0.05, 0.1) is 0 Å². The predicted octanol–water partition coefficient (Wildman–Crippen LogP) is 5.14. The SMILES string of the molecule is Cc1ccc(Br)c(-c2ccc(C(N)C(C)C)s2)c1. The van der Waals surface area contributed by atoms with Crippen LogP contribution in [0.4, 0.5) is 0 Å². The Bertz CT molecular complexity index is 545. The van der Waals surface area contributed by atoms with Crippen LogP contribution in [-0.2, 0) is 0 Å². The third kappa shape index (κ3) is 2.85. The van der Waals surface area contributed by atoms with E-state index >= 15 is 0 Å². The van der Waals surface area contributed by atoms with Gasteiger partial charge in [-0.25, -0.2) is 0 Å². The standard InChI is InChI=1S/C15H18BrNS/c1-9(2)15(17)14-7-6-13(18-14)11-8-10(3)4-5-12(11)16/h4-9,15H,17H2,1-3H3. The Morgan fingerprint density at radius 1 is 1.17 bits per heavy atom. The molecule has 2 aromatic rings. The second kappa shape index (κ2) is 5.55. The summed E-state index contributed by atoms with van der Waals surface area (Å²) in [6.07, 6.45) is 0. The molecule has 2 rings (SSSR count). The van der Waals surface area contributed by atoms with E-state index in [2.05, 4.69) is 67.0 Å². The Kier molecular flexibility index (Phi) is 4.25. The number of rotatable bonds is 3. The highest BCUT2D eigenvalue weighted by Crippen LogP contribution is 2.36. The van der Waals surface area contributed by atoms with E-state index < -0.39 is 0 Å². The topological polar surface area (TPSA) is 26.0 Å². The van der Waals surface area contributed by atoms with Crippen molar-refractivity contribution in [2.45, 2.75) is 26.8 Å². The molecule has 0 saturated heterocycles. The zero-order chi connectivity index (χ0) is 13.3. The lowest BCUT2D eigenvalue weighted by Gasteiger charge is -2.13. The number of nitrogens with two attached hydrogens (primary N) is 1. The molecule has 1 aromatic carbocycles. The van der Waals surface area contributed by atoms with Crippen LogP contribution in [0.15, 0.2) is 34.8 Å². The molecule has 18 heavy (non-hydrogen) atoms. The first-order valence-corrected chi connectivity index (χ1v) is 7.72. The van der Waals surface area contributed by atoms with Crippen molar-refractivity contribution in [1.82, 2.24) is 0 Å². The van der Waals surface area contributed by atoms with E-state index in [4.69, 9.17) is 5.73 Å². The number of benzene rings is 1. The van der Waals surface area contributed by atoms with Crippen LogP contribution in [0.5, 0.6) is 0 Å². The largest absolute Gasteiger partial charge is 0.323 e. The molecular weight excluding hydrogens is 306 g/mol. The maximum atomic E-state index is 6.20. The normalized spacial score (nSPS) is 13.0. The molecule has 0 fully saturated rings. The Balaban J connectivity index is 2.38. The first-order chi connectivity index (χ1) is 8.49. The Labute approximate surface area is 121 Å². The number of hydrogen-bond acceptors (Lipinski definition) is 2. The maximum Gasteiger partial charge on any atom is 0.0413 e. The smallest absolute Gasteiger partial charge is 0.0413 e. The zero-order valence-corrected chi connectivity index (χ0v) is 13.3. The highest BCUT2D eigenvalue weighted by Gasteiger charge is 2.14. The van der Waals surface area contributed by atoms with Gasteiger partial charge in [0.15, 0.2) is 0 Å². The van der Waals surface area contributed by atoms with Crippen molar-refractivity contribution in [1.29, 1.82) is 0 Å². The van der Waals surface area contributed by atoms with E-state index in [1.54, 1.807) is 11.3 Å². The molecule has 0 bridgehead atoms. The summed E-state index contributed by atoms with van der Waals surface area (Å²) in [5.41, 5.74) is 8.72. The van der Waals surface area contributed by atoms with Gasteiger partial charge in [0.2, 0.25) is 0 Å². The molecule has 1 heterocycles. The Morgan fingerprint density at radius 2 is 1.89 bits per heavy atom. The van der Waals surface area contributed by atoms with Crippen LogP contribution in [-0.4, -0.2) is 0 Å². The van der Waals surface area contributed by atoms with Gasteiger partial charge in [0.25, 0.3) is 0 Å². The van der Waals surface area contributed by atoms with Crippen molar-refractivity contribution >= 4 is 27.3 Å². The van der Waals surface area contributed by atoms with Crippen molar-refractivity contribution in [3.8, 4) is 10.4 Å². The number of thiophene rings is 1. The highest BCUT2D eigenvalue weighted by atomic mass is 79.9. The number of hydrogen-bond donors (Lipinski definition) is 1. The molecule has 0 amide bonds. The van der Waals surface area contributed by atoms with Crippen LogP contribution in [0.3, 0.4) is 0 Å². The first-order valence-electron chi connectivity index (χ1n) is 6.11. The summed E-state index contributed by atoms with van der Waals surface area (Å²) >= 11 is 5.41. The molecule has 0 radical (unpaired) electrons. The molecule has 0 aliphatic carbocycles. The van der Waals surface area contributed by atoms with Crippen LogP contribution in [0, 0.1) is 12.8 Å². The third-order valence-corrected chi connectivity index (χ3v) is 4.97. The number of aryl methyl sites for hydroxylation is 1. The lowest BCUT2D eigenvalue weighted by molar-refractivity contribution is 0.521. The van der Waals surface area contributed by atoms with Crippen molar-refractivity contribution < 1.29 is 0 Å². The van der Waals surface area contributed by atoms with Gasteiger partial charge in [-0.05, 0) is 37.1 Å². The molecule has 0 aliphatic rings. The van der Waals surface area contributed by atoms with E-state index in [9.17, 15) is 0 Å². The highest BCUT2D eigenvalue weighted by molar-refractivity contribution is 9.10. The zero-order valence-electron chi connectivity index (χ0n) is 10.9. The lowest BCUT2D eigenvalue weighted by Crippen LogP contribution is -2.14. The van der Waals surface area contributed by atoms with E-state index in [0.717, 1.165) is 4.47 Å². The minimum absolute atomic E-state index is 0.132.